The van der Waals surface area contributed by atoms with E-state index < -0.39 is 21.8 Å². The van der Waals surface area contributed by atoms with Gasteiger partial charge in [-0.2, -0.15) is 17.5 Å². The largest absolute Gasteiger partial charge is 0.416 e. The van der Waals surface area contributed by atoms with Crippen molar-refractivity contribution in [1.29, 1.82) is 0 Å². The van der Waals surface area contributed by atoms with Gasteiger partial charge in [-0.1, -0.05) is 29.8 Å². The van der Waals surface area contributed by atoms with Gasteiger partial charge in [0.2, 0.25) is 15.9 Å². The van der Waals surface area contributed by atoms with E-state index in [0.29, 0.717) is 18.4 Å². The number of hydrogen-bond donors (Lipinski definition) is 0. The molecule has 5 nitrogen and oxygen atoms in total. The monoisotopic (exact) mass is 480 g/mol. The van der Waals surface area contributed by atoms with E-state index in [4.69, 9.17) is 0 Å². The Hall–Kier alpha value is -2.39. The van der Waals surface area contributed by atoms with Crippen LogP contribution in [-0.2, 0) is 27.5 Å². The standard InChI is InChI=1S/C24H27F3N2O3S/c1-17-2-10-22(11-3-17)33(31,32)28-14-12-19(13-15-28)23(30)29(21-8-9-21)16-18-4-6-20(7-5-18)24(25,26)27/h2-7,10-11,19,21H,8-9,12-16H2,1H3. The average molecular weight is 481 g/mol. The zero-order valence-electron chi connectivity index (χ0n) is 18.4. The number of hydrogen-bond acceptors (Lipinski definition) is 3. The predicted molar refractivity (Wildman–Crippen MR) is 118 cm³/mol. The van der Waals surface area contributed by atoms with E-state index in [2.05, 4.69) is 0 Å². The summed E-state index contributed by atoms with van der Waals surface area (Å²) >= 11 is 0. The summed E-state index contributed by atoms with van der Waals surface area (Å²) in [5.41, 5.74) is 0.923. The number of sulfonamides is 1. The number of aryl methyl sites for hydroxylation is 1. The molecule has 2 aliphatic rings. The van der Waals surface area contributed by atoms with Gasteiger partial charge in [-0.3, -0.25) is 4.79 Å². The molecule has 1 amide bonds. The highest BCUT2D eigenvalue weighted by molar-refractivity contribution is 7.89. The molecule has 2 aromatic carbocycles. The molecule has 0 aromatic heterocycles. The SMILES string of the molecule is Cc1ccc(S(=O)(=O)N2CCC(C(=O)N(Cc3ccc(C(F)(F)F)cc3)C3CC3)CC2)cc1. The van der Waals surface area contributed by atoms with Crippen molar-refractivity contribution in [2.75, 3.05) is 13.1 Å². The van der Waals surface area contributed by atoms with Crippen LogP contribution in [-0.4, -0.2) is 42.7 Å². The van der Waals surface area contributed by atoms with E-state index in [0.717, 1.165) is 30.5 Å². The lowest BCUT2D eigenvalue weighted by Crippen LogP contribution is -2.44. The molecule has 0 unspecified atom stereocenters. The Morgan fingerprint density at radius 1 is 0.970 bits per heavy atom. The molecular weight excluding hydrogens is 453 g/mol. The molecule has 1 aliphatic heterocycles. The molecule has 0 N–H and O–H groups in total. The molecule has 33 heavy (non-hydrogen) atoms. The fraction of sp³-hybridized carbons (Fsp3) is 0.458. The summed E-state index contributed by atoms with van der Waals surface area (Å²) in [6.45, 7) is 2.70. The third kappa shape index (κ3) is 5.41. The smallest absolute Gasteiger partial charge is 0.335 e. The summed E-state index contributed by atoms with van der Waals surface area (Å²) in [7, 11) is -3.60. The minimum atomic E-state index is -4.39. The average Bonchev–Trinajstić information content (AvgIpc) is 3.62. The summed E-state index contributed by atoms with van der Waals surface area (Å²) in [6.07, 6.45) is -1.77. The summed E-state index contributed by atoms with van der Waals surface area (Å²) < 4.78 is 65.7. The lowest BCUT2D eigenvalue weighted by Gasteiger charge is -2.34. The molecule has 1 heterocycles. The van der Waals surface area contributed by atoms with Crippen LogP contribution in [0.2, 0.25) is 0 Å². The lowest BCUT2D eigenvalue weighted by molar-refractivity contribution is -0.139. The number of amides is 1. The van der Waals surface area contributed by atoms with Crippen LogP contribution in [0.4, 0.5) is 13.2 Å². The highest BCUT2D eigenvalue weighted by Crippen LogP contribution is 2.34. The van der Waals surface area contributed by atoms with Gasteiger partial charge >= 0.3 is 6.18 Å². The summed E-state index contributed by atoms with van der Waals surface area (Å²) in [4.78, 5) is 15.3. The number of carbonyl (C=O) groups is 1. The molecule has 9 heteroatoms. The van der Waals surface area contributed by atoms with Crippen molar-refractivity contribution in [2.24, 2.45) is 5.92 Å². The van der Waals surface area contributed by atoms with E-state index in [-0.39, 0.29) is 42.4 Å². The predicted octanol–water partition coefficient (Wildman–Crippen LogP) is 4.61. The lowest BCUT2D eigenvalue weighted by atomic mass is 9.96. The zero-order valence-corrected chi connectivity index (χ0v) is 19.2. The third-order valence-electron chi connectivity index (χ3n) is 6.37. The van der Waals surface area contributed by atoms with Crippen molar-refractivity contribution in [3.05, 3.63) is 65.2 Å². The number of piperidine rings is 1. The van der Waals surface area contributed by atoms with Crippen LogP contribution in [0.15, 0.2) is 53.4 Å². The molecule has 2 fully saturated rings. The number of rotatable bonds is 6. The maximum Gasteiger partial charge on any atom is 0.416 e. The number of carbonyl (C=O) groups excluding carboxylic acids is 1. The molecule has 0 radical (unpaired) electrons. The van der Waals surface area contributed by atoms with Crippen LogP contribution in [0.1, 0.15) is 42.4 Å². The molecule has 0 atom stereocenters. The molecule has 1 aliphatic carbocycles. The van der Waals surface area contributed by atoms with Crippen LogP contribution in [0.5, 0.6) is 0 Å². The van der Waals surface area contributed by atoms with Crippen LogP contribution in [0, 0.1) is 12.8 Å². The van der Waals surface area contributed by atoms with Crippen molar-refractivity contribution in [2.45, 2.75) is 56.3 Å². The Morgan fingerprint density at radius 3 is 2.06 bits per heavy atom. The first kappa shape index (κ1) is 23.8. The van der Waals surface area contributed by atoms with E-state index in [1.54, 1.807) is 29.2 Å². The van der Waals surface area contributed by atoms with Gasteiger partial charge in [-0.15, -0.1) is 0 Å². The van der Waals surface area contributed by atoms with Gasteiger partial charge in [-0.25, -0.2) is 8.42 Å². The quantitative estimate of drug-likeness (QED) is 0.607. The van der Waals surface area contributed by atoms with E-state index in [1.165, 1.54) is 16.4 Å². The van der Waals surface area contributed by atoms with Crippen molar-refractivity contribution < 1.29 is 26.4 Å². The van der Waals surface area contributed by atoms with E-state index >= 15 is 0 Å². The third-order valence-corrected chi connectivity index (χ3v) is 8.28. The number of nitrogens with zero attached hydrogens (tertiary/aromatic N) is 2. The molecule has 2 aromatic rings. The maximum absolute atomic E-state index is 13.3. The highest BCUT2D eigenvalue weighted by atomic mass is 32.2. The highest BCUT2D eigenvalue weighted by Gasteiger charge is 2.39. The fourth-order valence-corrected chi connectivity index (χ4v) is 5.68. The van der Waals surface area contributed by atoms with Crippen molar-refractivity contribution in [3.8, 4) is 0 Å². The van der Waals surface area contributed by atoms with Gasteiger partial charge in [0, 0.05) is 31.6 Å². The second-order valence-electron chi connectivity index (χ2n) is 8.88. The number of halogens is 3. The molecule has 1 saturated heterocycles. The zero-order chi connectivity index (χ0) is 23.8. The Bertz CT molecular complexity index is 1090. The Balaban J connectivity index is 1.40. The van der Waals surface area contributed by atoms with Crippen LogP contribution < -0.4 is 0 Å². The number of benzene rings is 2. The summed E-state index contributed by atoms with van der Waals surface area (Å²) in [6, 6.07) is 11.7. The second kappa shape index (κ2) is 9.10. The Morgan fingerprint density at radius 2 is 1.55 bits per heavy atom. The maximum atomic E-state index is 13.3. The summed E-state index contributed by atoms with van der Waals surface area (Å²) in [5, 5.41) is 0. The van der Waals surface area contributed by atoms with Gasteiger partial charge in [0.25, 0.3) is 0 Å². The molecule has 178 valence electrons. The van der Waals surface area contributed by atoms with E-state index in [1.807, 2.05) is 6.92 Å². The second-order valence-corrected chi connectivity index (χ2v) is 10.8. The van der Waals surface area contributed by atoms with E-state index in [9.17, 15) is 26.4 Å². The minimum Gasteiger partial charge on any atom is -0.335 e. The van der Waals surface area contributed by atoms with Crippen LogP contribution >= 0.6 is 0 Å². The van der Waals surface area contributed by atoms with Crippen molar-refractivity contribution in [3.63, 3.8) is 0 Å². The first-order valence-electron chi connectivity index (χ1n) is 11.1. The first-order chi connectivity index (χ1) is 15.6. The van der Waals surface area contributed by atoms with Crippen molar-refractivity contribution >= 4 is 15.9 Å². The fourth-order valence-electron chi connectivity index (χ4n) is 4.21. The topological polar surface area (TPSA) is 57.7 Å². The van der Waals surface area contributed by atoms with Gasteiger partial charge in [-0.05, 0) is 62.4 Å². The van der Waals surface area contributed by atoms with Gasteiger partial charge < -0.3 is 4.90 Å². The normalized spacial score (nSPS) is 18.3. The van der Waals surface area contributed by atoms with Gasteiger partial charge in [0.05, 0.1) is 10.5 Å². The van der Waals surface area contributed by atoms with Crippen molar-refractivity contribution in [1.82, 2.24) is 9.21 Å². The Labute approximate surface area is 192 Å². The molecule has 4 rings (SSSR count). The van der Waals surface area contributed by atoms with Gasteiger partial charge in [0.1, 0.15) is 0 Å². The van der Waals surface area contributed by atoms with Crippen LogP contribution in [0.3, 0.4) is 0 Å². The molecule has 1 saturated carbocycles. The first-order valence-corrected chi connectivity index (χ1v) is 12.5. The van der Waals surface area contributed by atoms with Crippen LogP contribution in [0.25, 0.3) is 0 Å². The minimum absolute atomic E-state index is 0.0372. The number of alkyl halides is 3. The molecule has 0 bridgehead atoms. The Kier molecular flexibility index (Phi) is 6.55. The molecule has 0 spiro atoms. The summed E-state index contributed by atoms with van der Waals surface area (Å²) in [5.74, 6) is -0.325. The molecular formula is C24H27F3N2O3S. The van der Waals surface area contributed by atoms with Gasteiger partial charge in [0.15, 0.2) is 0 Å².